The molecule has 0 aliphatic heterocycles. The smallest absolute Gasteiger partial charge is 0.271 e. The van der Waals surface area contributed by atoms with Gasteiger partial charge in [-0.25, -0.2) is 4.98 Å². The Bertz CT molecular complexity index is 787. The summed E-state index contributed by atoms with van der Waals surface area (Å²) in [7, 11) is 4.59. The van der Waals surface area contributed by atoms with E-state index in [0.717, 1.165) is 5.69 Å². The van der Waals surface area contributed by atoms with Gasteiger partial charge in [0.1, 0.15) is 5.56 Å². The molecule has 132 valence electrons. The lowest BCUT2D eigenvalue weighted by molar-refractivity contribution is -0.110. The van der Waals surface area contributed by atoms with Gasteiger partial charge in [-0.05, 0) is 0 Å². The molecule has 0 unspecified atom stereocenters. The van der Waals surface area contributed by atoms with Crippen LogP contribution in [0, 0.1) is 0 Å². The molecular formula is C16H23N3O4S. The molecule has 0 bridgehead atoms. The minimum Gasteiger partial charge on any atom is -0.354 e. The number of aromatic nitrogens is 2. The summed E-state index contributed by atoms with van der Waals surface area (Å²) < 4.78 is 11.7. The number of thiazole rings is 1. The number of carbonyl (C=O) groups excluding carboxylic acids is 1. The summed E-state index contributed by atoms with van der Waals surface area (Å²) in [5, 5.41) is 1.91. The molecule has 0 N–H and O–H groups in total. The largest absolute Gasteiger partial charge is 0.354 e. The van der Waals surface area contributed by atoms with Gasteiger partial charge in [0.25, 0.3) is 11.5 Å². The first-order chi connectivity index (χ1) is 11.2. The van der Waals surface area contributed by atoms with Crippen LogP contribution in [0.5, 0.6) is 0 Å². The Kier molecular flexibility index (Phi) is 5.42. The molecule has 0 aliphatic carbocycles. The average molecular weight is 353 g/mol. The highest BCUT2D eigenvalue weighted by Crippen LogP contribution is 2.25. The van der Waals surface area contributed by atoms with Gasteiger partial charge in [0.15, 0.2) is 11.3 Å². The molecule has 0 saturated carbocycles. The molecule has 1 amide bonds. The molecule has 8 heteroatoms. The van der Waals surface area contributed by atoms with E-state index in [4.69, 9.17) is 9.47 Å². The molecule has 0 radical (unpaired) electrons. The van der Waals surface area contributed by atoms with Gasteiger partial charge >= 0.3 is 0 Å². The predicted octanol–water partition coefficient (Wildman–Crippen LogP) is 1.74. The van der Waals surface area contributed by atoms with E-state index in [1.165, 1.54) is 41.1 Å². The summed E-state index contributed by atoms with van der Waals surface area (Å²) in [6.45, 7) is 6.26. The van der Waals surface area contributed by atoms with Crippen LogP contribution >= 0.6 is 11.3 Å². The zero-order valence-electron chi connectivity index (χ0n) is 14.8. The molecule has 2 heterocycles. The van der Waals surface area contributed by atoms with E-state index in [0.29, 0.717) is 4.96 Å². The molecule has 0 fully saturated rings. The third-order valence-electron chi connectivity index (χ3n) is 3.74. The quantitative estimate of drug-likeness (QED) is 0.766. The van der Waals surface area contributed by atoms with Crippen molar-refractivity contribution >= 4 is 22.2 Å². The molecule has 24 heavy (non-hydrogen) atoms. The van der Waals surface area contributed by atoms with Crippen LogP contribution in [0.3, 0.4) is 0 Å². The van der Waals surface area contributed by atoms with Crippen molar-refractivity contribution in [2.24, 2.45) is 0 Å². The third kappa shape index (κ3) is 3.50. The maximum absolute atomic E-state index is 12.8. The van der Waals surface area contributed by atoms with Gasteiger partial charge in [0, 0.05) is 44.0 Å². The maximum Gasteiger partial charge on any atom is 0.271 e. The van der Waals surface area contributed by atoms with Crippen molar-refractivity contribution in [2.45, 2.75) is 32.5 Å². The molecule has 2 rings (SSSR count). The summed E-state index contributed by atoms with van der Waals surface area (Å²) in [5.41, 5.74) is 0.289. The van der Waals surface area contributed by atoms with Crippen LogP contribution in [0.15, 0.2) is 16.4 Å². The average Bonchev–Trinajstić information content (AvgIpc) is 2.97. The van der Waals surface area contributed by atoms with E-state index < -0.39 is 12.2 Å². The minimum absolute atomic E-state index is 0.0323. The molecule has 0 aliphatic rings. The van der Waals surface area contributed by atoms with Crippen molar-refractivity contribution in [3.63, 3.8) is 0 Å². The first-order valence-electron chi connectivity index (χ1n) is 7.51. The van der Waals surface area contributed by atoms with Gasteiger partial charge in [-0.1, -0.05) is 20.8 Å². The van der Waals surface area contributed by atoms with Gasteiger partial charge in [0.05, 0.1) is 6.54 Å². The van der Waals surface area contributed by atoms with Crippen molar-refractivity contribution in [1.82, 2.24) is 14.3 Å². The number of hydrogen-bond donors (Lipinski definition) is 0. The first kappa shape index (κ1) is 18.6. The first-order valence-corrected chi connectivity index (χ1v) is 8.39. The monoisotopic (exact) mass is 353 g/mol. The number of ether oxygens (including phenoxy) is 2. The third-order valence-corrected chi connectivity index (χ3v) is 4.58. The van der Waals surface area contributed by atoms with Gasteiger partial charge in [-0.2, -0.15) is 0 Å². The Labute approximate surface area is 144 Å². The molecule has 0 aromatic carbocycles. The highest BCUT2D eigenvalue weighted by molar-refractivity contribution is 7.15. The summed E-state index contributed by atoms with van der Waals surface area (Å²) in [6, 6.07) is 0. The minimum atomic E-state index is -0.551. The predicted molar refractivity (Wildman–Crippen MR) is 92.8 cm³/mol. The number of amides is 1. The number of rotatable bonds is 5. The second-order valence-corrected chi connectivity index (χ2v) is 7.39. The fourth-order valence-corrected chi connectivity index (χ4v) is 3.39. The van der Waals surface area contributed by atoms with Crippen LogP contribution in [-0.2, 0) is 14.9 Å². The second-order valence-electron chi connectivity index (χ2n) is 6.55. The summed E-state index contributed by atoms with van der Waals surface area (Å²) >= 11 is 1.39. The molecule has 2 aromatic rings. The molecule has 0 atom stereocenters. The van der Waals surface area contributed by atoms with E-state index in [9.17, 15) is 9.59 Å². The van der Waals surface area contributed by atoms with Crippen molar-refractivity contribution in [2.75, 3.05) is 27.8 Å². The van der Waals surface area contributed by atoms with E-state index in [2.05, 4.69) is 4.98 Å². The van der Waals surface area contributed by atoms with Crippen molar-refractivity contribution in [1.29, 1.82) is 0 Å². The lowest BCUT2D eigenvalue weighted by Gasteiger charge is -2.22. The molecular weight excluding hydrogens is 330 g/mol. The molecule has 2 aromatic heterocycles. The van der Waals surface area contributed by atoms with Crippen molar-refractivity contribution in [3.05, 3.63) is 33.2 Å². The van der Waals surface area contributed by atoms with E-state index >= 15 is 0 Å². The zero-order valence-corrected chi connectivity index (χ0v) is 15.6. The van der Waals surface area contributed by atoms with Crippen LogP contribution in [0.4, 0.5) is 0 Å². The van der Waals surface area contributed by atoms with E-state index in [1.807, 2.05) is 26.2 Å². The van der Waals surface area contributed by atoms with Gasteiger partial charge < -0.3 is 14.4 Å². The van der Waals surface area contributed by atoms with Gasteiger partial charge in [-0.15, -0.1) is 11.3 Å². The van der Waals surface area contributed by atoms with E-state index in [1.54, 1.807) is 7.05 Å². The SMILES string of the molecule is COC(CN(C)C(=O)c1cnc2scc(C(C)(C)C)n2c1=O)OC. The number of hydrogen-bond acceptors (Lipinski definition) is 6. The Morgan fingerprint density at radius 3 is 2.54 bits per heavy atom. The van der Waals surface area contributed by atoms with Crippen LogP contribution in [-0.4, -0.2) is 54.3 Å². The van der Waals surface area contributed by atoms with Crippen LogP contribution < -0.4 is 5.56 Å². The fraction of sp³-hybridized carbons (Fsp3) is 0.562. The maximum atomic E-state index is 12.8. The topological polar surface area (TPSA) is 73.1 Å². The Hall–Kier alpha value is -1.77. The summed E-state index contributed by atoms with van der Waals surface area (Å²) in [4.78, 5) is 31.7. The normalized spacial score (nSPS) is 12.1. The molecule has 7 nitrogen and oxygen atoms in total. The van der Waals surface area contributed by atoms with Gasteiger partial charge in [-0.3, -0.25) is 14.0 Å². The van der Waals surface area contributed by atoms with Crippen molar-refractivity contribution < 1.29 is 14.3 Å². The number of carbonyl (C=O) groups is 1. The van der Waals surface area contributed by atoms with E-state index in [-0.39, 0.29) is 23.1 Å². The number of methoxy groups -OCH3 is 2. The number of nitrogens with zero attached hydrogens (tertiary/aromatic N) is 3. The van der Waals surface area contributed by atoms with Crippen LogP contribution in [0.25, 0.3) is 4.96 Å². The lowest BCUT2D eigenvalue weighted by atomic mass is 9.93. The standard InChI is InChI=1S/C16H23N3O4S/c1-16(2,3)11-9-24-15-17-7-10(14(21)19(11)15)13(20)18(4)8-12(22-5)23-6/h7,9,12H,8H2,1-6H3. The summed E-state index contributed by atoms with van der Waals surface area (Å²) in [5.74, 6) is -0.410. The molecule has 0 saturated heterocycles. The highest BCUT2D eigenvalue weighted by Gasteiger charge is 2.25. The lowest BCUT2D eigenvalue weighted by Crippen LogP contribution is -2.39. The summed E-state index contributed by atoms with van der Waals surface area (Å²) in [6.07, 6.45) is 0.790. The van der Waals surface area contributed by atoms with Crippen molar-refractivity contribution in [3.8, 4) is 0 Å². The van der Waals surface area contributed by atoms with Crippen LogP contribution in [0.1, 0.15) is 36.8 Å². The highest BCUT2D eigenvalue weighted by atomic mass is 32.1. The van der Waals surface area contributed by atoms with Crippen LogP contribution in [0.2, 0.25) is 0 Å². The molecule has 0 spiro atoms. The fourth-order valence-electron chi connectivity index (χ4n) is 2.31. The van der Waals surface area contributed by atoms with Gasteiger partial charge in [0.2, 0.25) is 0 Å². The number of fused-ring (bicyclic) bond motifs is 1. The second kappa shape index (κ2) is 7.00. The Morgan fingerprint density at radius 1 is 1.38 bits per heavy atom. The number of likely N-dealkylation sites (N-methyl/N-ethyl adjacent to an activating group) is 1. The zero-order chi connectivity index (χ0) is 18.1. The Morgan fingerprint density at radius 2 is 2.00 bits per heavy atom. The Balaban J connectivity index is 2.44.